The molecule has 8 nitrogen and oxygen atoms in total. The number of para-hydroxylation sites is 2. The second-order valence-electron chi connectivity index (χ2n) is 8.80. The van der Waals surface area contributed by atoms with Gasteiger partial charge in [-0.3, -0.25) is 13.9 Å². The van der Waals surface area contributed by atoms with Gasteiger partial charge < -0.3 is 15.0 Å². The Hall–Kier alpha value is -3.27. The maximum atomic E-state index is 14.1. The first-order chi connectivity index (χ1) is 19.1. The molecule has 0 heterocycles. The highest BCUT2D eigenvalue weighted by molar-refractivity contribution is 7.92. The number of rotatable bonds is 13. The summed E-state index contributed by atoms with van der Waals surface area (Å²) in [6, 6.07) is 18.4. The molecule has 0 fully saturated rings. The second kappa shape index (κ2) is 14.4. The standard InChI is InChI=1S/C29H33Cl2N3O5S/c1-4-25(29(36)32-5-2)33(19-21-11-7-8-12-24(21)31)28(35)20-34(26-13-9-10-14-27(26)39-6-3)40(37,38)23-17-15-22(30)16-18-23/h7-18,25H,4-6,19-20H2,1-3H3,(H,32,36). The molecule has 40 heavy (non-hydrogen) atoms. The minimum Gasteiger partial charge on any atom is -0.492 e. The summed E-state index contributed by atoms with van der Waals surface area (Å²) in [6.07, 6.45) is 0.307. The average Bonchev–Trinajstić information content (AvgIpc) is 2.93. The average molecular weight is 607 g/mol. The number of nitrogens with zero attached hydrogens (tertiary/aromatic N) is 2. The van der Waals surface area contributed by atoms with Crippen molar-refractivity contribution in [1.29, 1.82) is 0 Å². The van der Waals surface area contributed by atoms with E-state index >= 15 is 0 Å². The summed E-state index contributed by atoms with van der Waals surface area (Å²) >= 11 is 12.4. The van der Waals surface area contributed by atoms with Gasteiger partial charge in [0.05, 0.1) is 17.2 Å². The Bertz CT molecular complexity index is 1420. The molecule has 3 aromatic rings. The smallest absolute Gasteiger partial charge is 0.264 e. The fourth-order valence-electron chi connectivity index (χ4n) is 4.21. The lowest BCUT2D eigenvalue weighted by Gasteiger charge is -2.33. The summed E-state index contributed by atoms with van der Waals surface area (Å²) in [7, 11) is -4.26. The van der Waals surface area contributed by atoms with Gasteiger partial charge in [-0.15, -0.1) is 0 Å². The first-order valence-corrected chi connectivity index (χ1v) is 15.1. The topological polar surface area (TPSA) is 96.0 Å². The van der Waals surface area contributed by atoms with Crippen molar-refractivity contribution in [2.75, 3.05) is 24.0 Å². The Kier molecular flexibility index (Phi) is 11.2. The summed E-state index contributed by atoms with van der Waals surface area (Å²) in [5.74, 6) is -0.627. The van der Waals surface area contributed by atoms with E-state index in [1.807, 2.05) is 0 Å². The second-order valence-corrected chi connectivity index (χ2v) is 11.5. The number of carbonyl (C=O) groups excluding carboxylic acids is 2. The Morgan fingerprint density at radius 3 is 2.20 bits per heavy atom. The molecule has 0 aliphatic heterocycles. The van der Waals surface area contributed by atoms with Gasteiger partial charge in [-0.2, -0.15) is 0 Å². The van der Waals surface area contributed by atoms with E-state index in [4.69, 9.17) is 27.9 Å². The molecule has 0 radical (unpaired) electrons. The molecule has 0 aromatic heterocycles. The minimum absolute atomic E-state index is 0.0100. The lowest BCUT2D eigenvalue weighted by molar-refractivity contribution is -0.140. The van der Waals surface area contributed by atoms with E-state index in [0.29, 0.717) is 34.3 Å². The summed E-state index contributed by atoms with van der Waals surface area (Å²) < 4.78 is 34.7. The van der Waals surface area contributed by atoms with Crippen molar-refractivity contribution in [3.05, 3.63) is 88.4 Å². The molecule has 0 saturated heterocycles. The van der Waals surface area contributed by atoms with E-state index in [2.05, 4.69) is 5.32 Å². The van der Waals surface area contributed by atoms with E-state index < -0.39 is 28.5 Å². The first-order valence-electron chi connectivity index (χ1n) is 12.9. The van der Waals surface area contributed by atoms with E-state index in [1.165, 1.54) is 29.2 Å². The summed E-state index contributed by atoms with van der Waals surface area (Å²) in [5, 5.41) is 3.57. The number of hydrogen-bond donors (Lipinski definition) is 1. The molecule has 0 saturated carbocycles. The SMILES string of the molecule is CCNC(=O)C(CC)N(Cc1ccccc1Cl)C(=O)CN(c1ccccc1OCC)S(=O)(=O)c1ccc(Cl)cc1. The van der Waals surface area contributed by atoms with Gasteiger partial charge in [0.1, 0.15) is 18.3 Å². The quantitative estimate of drug-likeness (QED) is 0.276. The number of nitrogens with one attached hydrogen (secondary N) is 1. The summed E-state index contributed by atoms with van der Waals surface area (Å²) in [5.41, 5.74) is 0.818. The van der Waals surface area contributed by atoms with Crippen molar-refractivity contribution in [3.8, 4) is 5.75 Å². The lowest BCUT2D eigenvalue weighted by atomic mass is 10.1. The van der Waals surface area contributed by atoms with E-state index in [-0.39, 0.29) is 29.6 Å². The third-order valence-electron chi connectivity index (χ3n) is 6.15. The molecule has 214 valence electrons. The molecule has 2 amide bonds. The van der Waals surface area contributed by atoms with Crippen LogP contribution in [0.5, 0.6) is 5.75 Å². The van der Waals surface area contributed by atoms with Gasteiger partial charge >= 0.3 is 0 Å². The van der Waals surface area contributed by atoms with Crippen LogP contribution in [0.15, 0.2) is 77.7 Å². The predicted molar refractivity (Wildman–Crippen MR) is 158 cm³/mol. The molecule has 0 bridgehead atoms. The van der Waals surface area contributed by atoms with Crippen LogP contribution in [0.4, 0.5) is 5.69 Å². The summed E-state index contributed by atoms with van der Waals surface area (Å²) in [6.45, 7) is 5.44. The maximum absolute atomic E-state index is 14.1. The number of likely N-dealkylation sites (N-methyl/N-ethyl adjacent to an activating group) is 1. The Morgan fingerprint density at radius 1 is 0.925 bits per heavy atom. The zero-order valence-electron chi connectivity index (χ0n) is 22.6. The molecule has 0 spiro atoms. The molecular formula is C29H33Cl2N3O5S. The molecule has 11 heteroatoms. The van der Waals surface area contributed by atoms with Gasteiger partial charge in [-0.25, -0.2) is 8.42 Å². The first kappa shape index (κ1) is 31.3. The number of benzene rings is 3. The molecule has 1 N–H and O–H groups in total. The van der Waals surface area contributed by atoms with Crippen molar-refractivity contribution < 1.29 is 22.7 Å². The minimum atomic E-state index is -4.26. The molecule has 0 aliphatic carbocycles. The molecule has 3 aromatic carbocycles. The number of ether oxygens (including phenoxy) is 1. The fraction of sp³-hybridized carbons (Fsp3) is 0.310. The van der Waals surface area contributed by atoms with Crippen LogP contribution in [0, 0.1) is 0 Å². The Morgan fingerprint density at radius 2 is 1.57 bits per heavy atom. The van der Waals surface area contributed by atoms with Crippen LogP contribution >= 0.6 is 23.2 Å². The number of sulfonamides is 1. The van der Waals surface area contributed by atoms with Crippen molar-refractivity contribution in [2.45, 2.75) is 44.7 Å². The van der Waals surface area contributed by atoms with Gasteiger partial charge in [-0.1, -0.05) is 60.5 Å². The Labute approximate surface area is 245 Å². The maximum Gasteiger partial charge on any atom is 0.264 e. The third-order valence-corrected chi connectivity index (χ3v) is 8.54. The molecule has 3 rings (SSSR count). The van der Waals surface area contributed by atoms with Crippen LogP contribution in [-0.2, 0) is 26.2 Å². The number of hydrogen-bond acceptors (Lipinski definition) is 5. The van der Waals surface area contributed by atoms with E-state index in [1.54, 1.807) is 69.3 Å². The van der Waals surface area contributed by atoms with Gasteiger partial charge in [0.15, 0.2) is 0 Å². The van der Waals surface area contributed by atoms with Crippen LogP contribution in [-0.4, -0.2) is 50.9 Å². The van der Waals surface area contributed by atoms with E-state index in [0.717, 1.165) is 4.31 Å². The van der Waals surface area contributed by atoms with Crippen LogP contribution in [0.1, 0.15) is 32.8 Å². The van der Waals surface area contributed by atoms with Crippen molar-refractivity contribution in [3.63, 3.8) is 0 Å². The molecule has 0 aliphatic rings. The normalized spacial score (nSPS) is 11.9. The predicted octanol–water partition coefficient (Wildman–Crippen LogP) is 5.53. The zero-order chi connectivity index (χ0) is 29.3. The monoisotopic (exact) mass is 605 g/mol. The van der Waals surface area contributed by atoms with Crippen LogP contribution in [0.2, 0.25) is 10.0 Å². The van der Waals surface area contributed by atoms with Crippen LogP contribution in [0.25, 0.3) is 0 Å². The zero-order valence-corrected chi connectivity index (χ0v) is 25.0. The van der Waals surface area contributed by atoms with Gasteiger partial charge in [0.2, 0.25) is 11.8 Å². The highest BCUT2D eigenvalue weighted by Gasteiger charge is 2.34. The van der Waals surface area contributed by atoms with Crippen LogP contribution in [0.3, 0.4) is 0 Å². The third kappa shape index (κ3) is 7.47. The fourth-order valence-corrected chi connectivity index (χ4v) is 5.96. The van der Waals surface area contributed by atoms with Crippen molar-refractivity contribution in [2.24, 2.45) is 0 Å². The lowest BCUT2D eigenvalue weighted by Crippen LogP contribution is -2.52. The number of amides is 2. The van der Waals surface area contributed by atoms with E-state index in [9.17, 15) is 18.0 Å². The molecule has 1 atom stereocenters. The van der Waals surface area contributed by atoms with Crippen LogP contribution < -0.4 is 14.4 Å². The number of carbonyl (C=O) groups is 2. The number of halogens is 2. The largest absolute Gasteiger partial charge is 0.492 e. The highest BCUT2D eigenvalue weighted by atomic mass is 35.5. The summed E-state index contributed by atoms with van der Waals surface area (Å²) in [4.78, 5) is 28.4. The van der Waals surface area contributed by atoms with Gasteiger partial charge in [-0.05, 0) is 68.3 Å². The van der Waals surface area contributed by atoms with Crippen molar-refractivity contribution in [1.82, 2.24) is 10.2 Å². The van der Waals surface area contributed by atoms with Gasteiger partial charge in [0, 0.05) is 23.1 Å². The highest BCUT2D eigenvalue weighted by Crippen LogP contribution is 2.33. The molecular weight excluding hydrogens is 573 g/mol. The molecule has 1 unspecified atom stereocenters. The Balaban J connectivity index is 2.12. The van der Waals surface area contributed by atoms with Crippen molar-refractivity contribution >= 4 is 50.7 Å². The van der Waals surface area contributed by atoms with Gasteiger partial charge in [0.25, 0.3) is 10.0 Å². The number of anilines is 1.